The van der Waals surface area contributed by atoms with Gasteiger partial charge in [0.15, 0.2) is 0 Å². The van der Waals surface area contributed by atoms with Crippen LogP contribution in [0.2, 0.25) is 0 Å². The van der Waals surface area contributed by atoms with Crippen LogP contribution in [0.15, 0.2) is 0 Å². The van der Waals surface area contributed by atoms with Gasteiger partial charge in [-0.1, -0.05) is 0 Å². The van der Waals surface area contributed by atoms with Crippen LogP contribution in [-0.4, -0.2) is 57.3 Å². The summed E-state index contributed by atoms with van der Waals surface area (Å²) in [6.45, 7) is 0.624. The first-order chi connectivity index (χ1) is 7.87. The smallest absolute Gasteiger partial charge is 0.309 e. The summed E-state index contributed by atoms with van der Waals surface area (Å²) in [5.74, 6) is -0.660. The van der Waals surface area contributed by atoms with E-state index in [1.807, 2.05) is 6.26 Å². The van der Waals surface area contributed by atoms with Gasteiger partial charge in [0.1, 0.15) is 9.84 Å². The average Bonchev–Trinajstić information content (AvgIpc) is 2.23. The number of carbonyl (C=O) groups is 2. The van der Waals surface area contributed by atoms with Crippen molar-refractivity contribution >= 4 is 33.4 Å². The highest BCUT2D eigenvalue weighted by atomic mass is 32.2. The molecule has 0 spiro atoms. The lowest BCUT2D eigenvalue weighted by Crippen LogP contribution is -2.41. The number of carbonyl (C=O) groups excluding carboxylic acids is 2. The third-order valence-electron chi connectivity index (χ3n) is 1.78. The fraction of sp³-hybridized carbons (Fsp3) is 0.778. The molecule has 0 heterocycles. The van der Waals surface area contributed by atoms with Crippen LogP contribution in [0, 0.1) is 0 Å². The maximum absolute atomic E-state index is 11.2. The number of hydrogen-bond acceptors (Lipinski definition) is 5. The van der Waals surface area contributed by atoms with Crippen molar-refractivity contribution in [2.24, 2.45) is 0 Å². The fourth-order valence-electron chi connectivity index (χ4n) is 0.963. The molecule has 8 heteroatoms. The van der Waals surface area contributed by atoms with E-state index >= 15 is 0 Å². The minimum Gasteiger partial charge on any atom is -0.348 e. The van der Waals surface area contributed by atoms with Crippen LogP contribution < -0.4 is 10.6 Å². The van der Waals surface area contributed by atoms with Crippen LogP contribution in [-0.2, 0) is 19.4 Å². The Hall–Kier alpha value is -0.760. The third kappa shape index (κ3) is 10.1. The highest BCUT2D eigenvalue weighted by Gasteiger charge is 2.11. The molecular formula is C9H18N2O4S2. The SMILES string of the molecule is CSCCNC(=O)C(=O)NCCCS(C)(=O)=O. The summed E-state index contributed by atoms with van der Waals surface area (Å²) in [6.07, 6.45) is 3.34. The first-order valence-electron chi connectivity index (χ1n) is 5.09. The quantitative estimate of drug-likeness (QED) is 0.462. The van der Waals surface area contributed by atoms with Gasteiger partial charge in [0.25, 0.3) is 0 Å². The molecule has 0 fully saturated rings. The second-order valence-electron chi connectivity index (χ2n) is 3.49. The Morgan fingerprint density at radius 1 is 1.12 bits per heavy atom. The summed E-state index contributed by atoms with van der Waals surface area (Å²) < 4.78 is 21.6. The molecule has 0 rings (SSSR count). The lowest BCUT2D eigenvalue weighted by molar-refractivity contribution is -0.139. The molecule has 0 aromatic carbocycles. The molecule has 0 aromatic heterocycles. The molecule has 0 aliphatic carbocycles. The molecule has 0 saturated carbocycles. The lowest BCUT2D eigenvalue weighted by Gasteiger charge is -2.05. The van der Waals surface area contributed by atoms with Gasteiger partial charge >= 0.3 is 11.8 Å². The Morgan fingerprint density at radius 2 is 1.65 bits per heavy atom. The monoisotopic (exact) mass is 282 g/mol. The van der Waals surface area contributed by atoms with Crippen molar-refractivity contribution in [3.05, 3.63) is 0 Å². The third-order valence-corrected chi connectivity index (χ3v) is 3.42. The summed E-state index contributed by atoms with van der Waals surface area (Å²) in [7, 11) is -3.01. The molecule has 0 aromatic rings. The van der Waals surface area contributed by atoms with E-state index in [2.05, 4.69) is 10.6 Å². The number of sulfone groups is 1. The maximum Gasteiger partial charge on any atom is 0.309 e. The molecule has 17 heavy (non-hydrogen) atoms. The highest BCUT2D eigenvalue weighted by Crippen LogP contribution is 1.88. The van der Waals surface area contributed by atoms with Crippen molar-refractivity contribution in [3.63, 3.8) is 0 Å². The molecule has 2 N–H and O–H groups in total. The molecular weight excluding hydrogens is 264 g/mol. The van der Waals surface area contributed by atoms with E-state index in [9.17, 15) is 18.0 Å². The second-order valence-corrected chi connectivity index (χ2v) is 6.73. The average molecular weight is 282 g/mol. The van der Waals surface area contributed by atoms with Gasteiger partial charge in [-0.25, -0.2) is 8.42 Å². The first-order valence-corrected chi connectivity index (χ1v) is 8.55. The highest BCUT2D eigenvalue weighted by molar-refractivity contribution is 7.98. The zero-order valence-corrected chi connectivity index (χ0v) is 11.6. The van der Waals surface area contributed by atoms with Gasteiger partial charge in [0.2, 0.25) is 0 Å². The van der Waals surface area contributed by atoms with E-state index in [0.717, 1.165) is 12.0 Å². The van der Waals surface area contributed by atoms with Crippen molar-refractivity contribution in [3.8, 4) is 0 Å². The number of thioether (sulfide) groups is 1. The molecule has 6 nitrogen and oxygen atoms in total. The molecule has 0 atom stereocenters. The molecule has 0 unspecified atom stereocenters. The second kappa shape index (κ2) is 8.35. The maximum atomic E-state index is 11.2. The van der Waals surface area contributed by atoms with E-state index in [-0.39, 0.29) is 12.3 Å². The zero-order valence-electron chi connectivity index (χ0n) is 9.99. The van der Waals surface area contributed by atoms with Crippen molar-refractivity contribution in [2.45, 2.75) is 6.42 Å². The zero-order chi connectivity index (χ0) is 13.3. The normalized spacial score (nSPS) is 10.9. The van der Waals surface area contributed by atoms with Crippen LogP contribution in [0.4, 0.5) is 0 Å². The lowest BCUT2D eigenvalue weighted by atomic mass is 10.4. The predicted molar refractivity (Wildman–Crippen MR) is 68.7 cm³/mol. The van der Waals surface area contributed by atoms with Crippen LogP contribution in [0.3, 0.4) is 0 Å². The number of hydrogen-bond donors (Lipinski definition) is 2. The Balaban J connectivity index is 3.68. The fourth-order valence-corrected chi connectivity index (χ4v) is 1.94. The van der Waals surface area contributed by atoms with Crippen molar-refractivity contribution in [1.29, 1.82) is 0 Å². The van der Waals surface area contributed by atoms with Crippen molar-refractivity contribution < 1.29 is 18.0 Å². The van der Waals surface area contributed by atoms with Crippen LogP contribution in [0.5, 0.6) is 0 Å². The van der Waals surface area contributed by atoms with E-state index in [1.54, 1.807) is 11.8 Å². The van der Waals surface area contributed by atoms with Gasteiger partial charge in [-0.15, -0.1) is 0 Å². The standard InChI is InChI=1S/C9H18N2O4S2/c1-16-6-5-11-9(13)8(12)10-4-3-7-17(2,14)15/h3-7H2,1-2H3,(H,10,12)(H,11,13). The predicted octanol–water partition coefficient (Wildman–Crippen LogP) is -0.983. The van der Waals surface area contributed by atoms with E-state index in [4.69, 9.17) is 0 Å². The van der Waals surface area contributed by atoms with E-state index in [1.165, 1.54) is 0 Å². The van der Waals surface area contributed by atoms with Crippen molar-refractivity contribution in [2.75, 3.05) is 37.1 Å². The van der Waals surface area contributed by atoms with Gasteiger partial charge < -0.3 is 10.6 Å². The summed E-state index contributed by atoms with van der Waals surface area (Å²) >= 11 is 1.57. The molecule has 0 saturated heterocycles. The van der Waals surface area contributed by atoms with Gasteiger partial charge in [-0.3, -0.25) is 9.59 Å². The minimum atomic E-state index is -3.01. The Bertz CT molecular complexity index is 354. The van der Waals surface area contributed by atoms with Gasteiger partial charge in [0.05, 0.1) is 5.75 Å². The Kier molecular flexibility index (Phi) is 7.98. The molecule has 100 valence electrons. The van der Waals surface area contributed by atoms with Crippen LogP contribution >= 0.6 is 11.8 Å². The number of amides is 2. The Labute approximate surface area is 106 Å². The van der Waals surface area contributed by atoms with Crippen LogP contribution in [0.25, 0.3) is 0 Å². The summed E-state index contributed by atoms with van der Waals surface area (Å²) in [4.78, 5) is 22.3. The van der Waals surface area contributed by atoms with Gasteiger partial charge in [-0.2, -0.15) is 11.8 Å². The van der Waals surface area contributed by atoms with E-state index in [0.29, 0.717) is 13.0 Å². The minimum absolute atomic E-state index is 0.00136. The van der Waals surface area contributed by atoms with Gasteiger partial charge in [-0.05, 0) is 12.7 Å². The Morgan fingerprint density at radius 3 is 2.12 bits per heavy atom. The first kappa shape index (κ1) is 16.2. The molecule has 0 aliphatic rings. The molecule has 0 aliphatic heterocycles. The molecule has 0 radical (unpaired) electrons. The van der Waals surface area contributed by atoms with Crippen LogP contribution in [0.1, 0.15) is 6.42 Å². The van der Waals surface area contributed by atoms with Gasteiger partial charge in [0, 0.05) is 25.1 Å². The van der Waals surface area contributed by atoms with Crippen molar-refractivity contribution in [1.82, 2.24) is 10.6 Å². The van der Waals surface area contributed by atoms with E-state index < -0.39 is 21.7 Å². The topological polar surface area (TPSA) is 92.3 Å². The summed E-state index contributed by atoms with van der Waals surface area (Å²) in [5.41, 5.74) is 0. The molecule has 2 amide bonds. The number of rotatable bonds is 7. The number of nitrogens with one attached hydrogen (secondary N) is 2. The largest absolute Gasteiger partial charge is 0.348 e. The molecule has 0 bridgehead atoms. The summed E-state index contributed by atoms with van der Waals surface area (Å²) in [6, 6.07) is 0. The summed E-state index contributed by atoms with van der Waals surface area (Å²) in [5, 5.41) is 4.81.